The zero-order valence-electron chi connectivity index (χ0n) is 12.2. The first kappa shape index (κ1) is 14.1. The van der Waals surface area contributed by atoms with E-state index < -0.39 is 11.9 Å². The molecule has 1 atom stereocenters. The van der Waals surface area contributed by atoms with Crippen molar-refractivity contribution in [2.75, 3.05) is 13.1 Å². The van der Waals surface area contributed by atoms with Gasteiger partial charge in [-0.2, -0.15) is 0 Å². The quantitative estimate of drug-likeness (QED) is 0.925. The molecule has 4 nitrogen and oxygen atoms in total. The Labute approximate surface area is 124 Å². The van der Waals surface area contributed by atoms with Crippen LogP contribution in [0.3, 0.4) is 0 Å². The molecule has 0 radical (unpaired) electrons. The van der Waals surface area contributed by atoms with Gasteiger partial charge in [-0.1, -0.05) is 18.2 Å². The van der Waals surface area contributed by atoms with Gasteiger partial charge in [-0.15, -0.1) is 0 Å². The van der Waals surface area contributed by atoms with Crippen LogP contribution in [0.4, 0.5) is 0 Å². The number of benzene rings is 1. The van der Waals surface area contributed by atoms with Crippen LogP contribution in [0.15, 0.2) is 18.2 Å². The summed E-state index contributed by atoms with van der Waals surface area (Å²) in [5, 5.41) is 9.00. The second-order valence-electron chi connectivity index (χ2n) is 6.15. The fourth-order valence-corrected chi connectivity index (χ4v) is 3.37. The van der Waals surface area contributed by atoms with E-state index in [1.54, 1.807) is 4.90 Å². The number of carbonyl (C=O) groups excluding carboxylic acids is 1. The Balaban J connectivity index is 1.64. The van der Waals surface area contributed by atoms with Crippen molar-refractivity contribution in [3.8, 4) is 0 Å². The zero-order chi connectivity index (χ0) is 14.8. The molecular formula is C17H21NO3. The molecule has 0 aromatic heterocycles. The number of hydrogen-bond acceptors (Lipinski definition) is 2. The van der Waals surface area contributed by atoms with E-state index in [1.165, 1.54) is 24.0 Å². The molecule has 1 aromatic rings. The first-order chi connectivity index (χ1) is 10.1. The number of carbonyl (C=O) groups is 2. The fourth-order valence-electron chi connectivity index (χ4n) is 3.37. The van der Waals surface area contributed by atoms with E-state index in [2.05, 4.69) is 12.1 Å². The normalized spacial score (nSPS) is 21.1. The molecule has 4 heteroatoms. The number of carboxylic acids is 1. The maximum Gasteiger partial charge on any atom is 0.308 e. The third-order valence-electron chi connectivity index (χ3n) is 4.66. The molecule has 1 amide bonds. The van der Waals surface area contributed by atoms with Crippen molar-refractivity contribution in [3.05, 3.63) is 34.9 Å². The van der Waals surface area contributed by atoms with E-state index in [0.717, 1.165) is 18.4 Å². The molecule has 3 rings (SSSR count). The van der Waals surface area contributed by atoms with Crippen LogP contribution in [-0.2, 0) is 28.9 Å². The highest BCUT2D eigenvalue weighted by atomic mass is 16.4. The topological polar surface area (TPSA) is 57.6 Å². The average Bonchev–Trinajstić information content (AvgIpc) is 2.97. The molecule has 0 spiro atoms. The van der Waals surface area contributed by atoms with Gasteiger partial charge in [0, 0.05) is 13.1 Å². The van der Waals surface area contributed by atoms with Crippen molar-refractivity contribution >= 4 is 11.9 Å². The number of aliphatic carboxylic acids is 1. The fraction of sp³-hybridized carbons (Fsp3) is 0.529. The van der Waals surface area contributed by atoms with Gasteiger partial charge in [0.05, 0.1) is 12.3 Å². The van der Waals surface area contributed by atoms with Gasteiger partial charge in [-0.05, 0) is 48.8 Å². The van der Waals surface area contributed by atoms with Gasteiger partial charge in [0.1, 0.15) is 0 Å². The summed E-state index contributed by atoms with van der Waals surface area (Å²) in [5.41, 5.74) is 3.86. The van der Waals surface area contributed by atoms with Crippen LogP contribution in [0, 0.1) is 5.92 Å². The van der Waals surface area contributed by atoms with E-state index in [-0.39, 0.29) is 5.91 Å². The Morgan fingerprint density at radius 2 is 1.95 bits per heavy atom. The molecule has 1 saturated heterocycles. The van der Waals surface area contributed by atoms with Crippen LogP contribution in [0.1, 0.15) is 36.0 Å². The molecular weight excluding hydrogens is 266 g/mol. The molecule has 0 bridgehead atoms. The number of likely N-dealkylation sites (tertiary alicyclic amines) is 1. The van der Waals surface area contributed by atoms with Crippen LogP contribution in [0.5, 0.6) is 0 Å². The van der Waals surface area contributed by atoms with Gasteiger partial charge in [0.25, 0.3) is 0 Å². The summed E-state index contributed by atoms with van der Waals surface area (Å²) < 4.78 is 0. The Hall–Kier alpha value is -1.84. The van der Waals surface area contributed by atoms with Crippen LogP contribution in [0.2, 0.25) is 0 Å². The number of aryl methyl sites for hydroxylation is 2. The van der Waals surface area contributed by atoms with Gasteiger partial charge in [0.2, 0.25) is 5.91 Å². The van der Waals surface area contributed by atoms with Crippen molar-refractivity contribution < 1.29 is 14.7 Å². The lowest BCUT2D eigenvalue weighted by atomic mass is 9.90. The van der Waals surface area contributed by atoms with Crippen molar-refractivity contribution in [1.82, 2.24) is 4.90 Å². The molecule has 112 valence electrons. The highest BCUT2D eigenvalue weighted by Crippen LogP contribution is 2.23. The average molecular weight is 287 g/mol. The van der Waals surface area contributed by atoms with Gasteiger partial charge >= 0.3 is 5.97 Å². The number of nitrogens with zero attached hydrogens (tertiary/aromatic N) is 1. The SMILES string of the molecule is O=C(O)[C@@H]1CCN(C(=O)Cc2ccc3c(c2)CCCC3)C1. The second-order valence-corrected chi connectivity index (χ2v) is 6.15. The summed E-state index contributed by atoms with van der Waals surface area (Å²) in [6.45, 7) is 0.930. The lowest BCUT2D eigenvalue weighted by molar-refractivity contribution is -0.141. The molecule has 2 aliphatic rings. The van der Waals surface area contributed by atoms with Gasteiger partial charge < -0.3 is 10.0 Å². The number of amides is 1. The molecule has 1 N–H and O–H groups in total. The summed E-state index contributed by atoms with van der Waals surface area (Å²) in [7, 11) is 0. The van der Waals surface area contributed by atoms with Gasteiger partial charge in [0.15, 0.2) is 0 Å². The van der Waals surface area contributed by atoms with Gasteiger partial charge in [-0.3, -0.25) is 9.59 Å². The largest absolute Gasteiger partial charge is 0.481 e. The molecule has 1 fully saturated rings. The molecule has 1 aliphatic heterocycles. The molecule has 0 saturated carbocycles. The highest BCUT2D eigenvalue weighted by molar-refractivity contribution is 5.80. The molecule has 21 heavy (non-hydrogen) atoms. The maximum atomic E-state index is 12.3. The lowest BCUT2D eigenvalue weighted by Gasteiger charge is -2.18. The smallest absolute Gasteiger partial charge is 0.308 e. The van der Waals surface area contributed by atoms with E-state index in [0.29, 0.717) is 25.9 Å². The van der Waals surface area contributed by atoms with Crippen LogP contribution < -0.4 is 0 Å². The zero-order valence-corrected chi connectivity index (χ0v) is 12.2. The monoisotopic (exact) mass is 287 g/mol. The van der Waals surface area contributed by atoms with Crippen molar-refractivity contribution in [1.29, 1.82) is 0 Å². The summed E-state index contributed by atoms with van der Waals surface area (Å²) in [6, 6.07) is 6.37. The van der Waals surface area contributed by atoms with E-state index >= 15 is 0 Å². The third kappa shape index (κ3) is 3.09. The molecule has 1 heterocycles. The van der Waals surface area contributed by atoms with Crippen LogP contribution in [0.25, 0.3) is 0 Å². The third-order valence-corrected chi connectivity index (χ3v) is 4.66. The van der Waals surface area contributed by atoms with Gasteiger partial charge in [-0.25, -0.2) is 0 Å². The summed E-state index contributed by atoms with van der Waals surface area (Å²) in [5.74, 6) is -1.13. The minimum Gasteiger partial charge on any atom is -0.481 e. The van der Waals surface area contributed by atoms with Crippen molar-refractivity contribution in [3.63, 3.8) is 0 Å². The summed E-state index contributed by atoms with van der Waals surface area (Å²) in [4.78, 5) is 24.9. The first-order valence-corrected chi connectivity index (χ1v) is 7.75. The van der Waals surface area contributed by atoms with Crippen LogP contribution in [-0.4, -0.2) is 35.0 Å². The Morgan fingerprint density at radius 3 is 2.67 bits per heavy atom. The van der Waals surface area contributed by atoms with E-state index in [4.69, 9.17) is 5.11 Å². The predicted molar refractivity (Wildman–Crippen MR) is 79.1 cm³/mol. The molecule has 0 unspecified atom stereocenters. The number of hydrogen-bond donors (Lipinski definition) is 1. The number of carboxylic acid groups (broad SMARTS) is 1. The van der Waals surface area contributed by atoms with E-state index in [9.17, 15) is 9.59 Å². The second kappa shape index (κ2) is 5.88. The Morgan fingerprint density at radius 1 is 1.19 bits per heavy atom. The molecule has 1 aliphatic carbocycles. The van der Waals surface area contributed by atoms with Crippen LogP contribution >= 0.6 is 0 Å². The maximum absolute atomic E-state index is 12.3. The van der Waals surface area contributed by atoms with Crippen molar-refractivity contribution in [2.24, 2.45) is 5.92 Å². The number of rotatable bonds is 3. The molecule has 1 aromatic carbocycles. The Bertz CT molecular complexity index is 567. The minimum absolute atomic E-state index is 0.0505. The first-order valence-electron chi connectivity index (χ1n) is 7.75. The summed E-state index contributed by atoms with van der Waals surface area (Å²) in [6.07, 6.45) is 5.72. The standard InChI is InChI=1S/C17H21NO3/c19-16(18-8-7-15(11-18)17(20)21)10-12-5-6-13-3-1-2-4-14(13)9-12/h5-6,9,15H,1-4,7-8,10-11H2,(H,20,21)/t15-/m1/s1. The minimum atomic E-state index is -0.793. The van der Waals surface area contributed by atoms with Crippen molar-refractivity contribution in [2.45, 2.75) is 38.5 Å². The highest BCUT2D eigenvalue weighted by Gasteiger charge is 2.30. The predicted octanol–water partition coefficient (Wildman–Crippen LogP) is 2.04. The summed E-state index contributed by atoms with van der Waals surface area (Å²) >= 11 is 0. The Kier molecular flexibility index (Phi) is 3.95. The van der Waals surface area contributed by atoms with E-state index in [1.807, 2.05) is 6.07 Å². The lowest BCUT2D eigenvalue weighted by Crippen LogP contribution is -2.31. The number of fused-ring (bicyclic) bond motifs is 1.